The highest BCUT2D eigenvalue weighted by Crippen LogP contribution is 2.13. The molecule has 0 radical (unpaired) electrons. The number of likely N-dealkylation sites (N-methyl/N-ethyl adjacent to an activating group) is 1. The van der Waals surface area contributed by atoms with E-state index in [2.05, 4.69) is 34.4 Å². The molecule has 88 valence electrons. The summed E-state index contributed by atoms with van der Waals surface area (Å²) in [5.74, 6) is 1.08. The van der Waals surface area contributed by atoms with Gasteiger partial charge in [-0.1, -0.05) is 12.5 Å². The molecule has 1 unspecified atom stereocenters. The Kier molecular flexibility index (Phi) is 3.78. The second kappa shape index (κ2) is 5.30. The van der Waals surface area contributed by atoms with Gasteiger partial charge >= 0.3 is 0 Å². The lowest BCUT2D eigenvalue weighted by Crippen LogP contribution is -2.42. The van der Waals surface area contributed by atoms with E-state index in [0.717, 1.165) is 18.1 Å². The highest BCUT2D eigenvalue weighted by Gasteiger charge is 2.15. The lowest BCUT2D eigenvalue weighted by atomic mass is 10.0. The third kappa shape index (κ3) is 2.95. The van der Waals surface area contributed by atoms with Gasteiger partial charge in [0.25, 0.3) is 0 Å². The smallest absolute Gasteiger partial charge is 0.128 e. The Morgan fingerprint density at radius 1 is 1.44 bits per heavy atom. The summed E-state index contributed by atoms with van der Waals surface area (Å²) in [5, 5.41) is 3.56. The molecule has 1 atom stereocenters. The first-order valence-electron chi connectivity index (χ1n) is 6.14. The maximum Gasteiger partial charge on any atom is 0.128 e. The van der Waals surface area contributed by atoms with Gasteiger partial charge in [-0.05, 0) is 38.4 Å². The molecule has 1 aromatic rings. The Balaban J connectivity index is 1.94. The van der Waals surface area contributed by atoms with Crippen molar-refractivity contribution in [2.24, 2.45) is 0 Å². The summed E-state index contributed by atoms with van der Waals surface area (Å²) in [6.45, 7) is 4.26. The first-order valence-corrected chi connectivity index (χ1v) is 6.14. The quantitative estimate of drug-likeness (QED) is 0.842. The predicted molar refractivity (Wildman–Crippen MR) is 67.9 cm³/mol. The zero-order valence-corrected chi connectivity index (χ0v) is 10.2. The second-order valence-electron chi connectivity index (χ2n) is 4.66. The van der Waals surface area contributed by atoms with E-state index < -0.39 is 0 Å². The van der Waals surface area contributed by atoms with E-state index in [9.17, 15) is 0 Å². The summed E-state index contributed by atoms with van der Waals surface area (Å²) >= 11 is 0. The van der Waals surface area contributed by atoms with Gasteiger partial charge in [-0.25, -0.2) is 4.98 Å². The molecule has 1 N–H and O–H groups in total. The van der Waals surface area contributed by atoms with Crippen LogP contribution >= 0.6 is 0 Å². The topological polar surface area (TPSA) is 28.2 Å². The summed E-state index contributed by atoms with van der Waals surface area (Å²) in [6.07, 6.45) is 3.96. The van der Waals surface area contributed by atoms with E-state index in [1.165, 1.54) is 25.8 Å². The molecular weight excluding hydrogens is 198 g/mol. The summed E-state index contributed by atoms with van der Waals surface area (Å²) in [6, 6.07) is 6.81. The van der Waals surface area contributed by atoms with Crippen LogP contribution in [0.25, 0.3) is 0 Å². The molecule has 0 bridgehead atoms. The summed E-state index contributed by atoms with van der Waals surface area (Å²) in [4.78, 5) is 6.78. The van der Waals surface area contributed by atoms with Gasteiger partial charge in [0.1, 0.15) is 5.82 Å². The molecule has 0 amide bonds. The van der Waals surface area contributed by atoms with Gasteiger partial charge < -0.3 is 10.2 Å². The summed E-state index contributed by atoms with van der Waals surface area (Å²) in [5.41, 5.74) is 1.08. The lowest BCUT2D eigenvalue weighted by Gasteiger charge is -2.28. The van der Waals surface area contributed by atoms with Gasteiger partial charge in [0, 0.05) is 25.3 Å². The minimum absolute atomic E-state index is 0.626. The van der Waals surface area contributed by atoms with Crippen LogP contribution in [0.1, 0.15) is 25.0 Å². The highest BCUT2D eigenvalue weighted by atomic mass is 15.2. The normalized spacial score (nSPS) is 20.8. The number of pyridine rings is 1. The number of anilines is 1. The van der Waals surface area contributed by atoms with E-state index in [4.69, 9.17) is 0 Å². The monoisotopic (exact) mass is 219 g/mol. The Labute approximate surface area is 97.9 Å². The number of hydrogen-bond donors (Lipinski definition) is 1. The Bertz CT molecular complexity index is 332. The van der Waals surface area contributed by atoms with Crippen molar-refractivity contribution in [1.29, 1.82) is 0 Å². The molecule has 0 aliphatic carbocycles. The van der Waals surface area contributed by atoms with Crippen LogP contribution in [0.15, 0.2) is 18.2 Å². The molecule has 3 nitrogen and oxygen atoms in total. The van der Waals surface area contributed by atoms with E-state index in [1.807, 2.05) is 13.0 Å². The first kappa shape index (κ1) is 11.4. The van der Waals surface area contributed by atoms with Crippen molar-refractivity contribution in [1.82, 2.24) is 10.3 Å². The van der Waals surface area contributed by atoms with Crippen LogP contribution in [-0.2, 0) is 0 Å². The third-order valence-electron chi connectivity index (χ3n) is 3.17. The molecule has 16 heavy (non-hydrogen) atoms. The van der Waals surface area contributed by atoms with Crippen molar-refractivity contribution in [3.8, 4) is 0 Å². The molecule has 2 heterocycles. The van der Waals surface area contributed by atoms with Crippen molar-refractivity contribution in [2.45, 2.75) is 32.2 Å². The maximum absolute atomic E-state index is 4.54. The van der Waals surface area contributed by atoms with Crippen molar-refractivity contribution in [2.75, 3.05) is 25.0 Å². The van der Waals surface area contributed by atoms with E-state index >= 15 is 0 Å². The molecule has 1 fully saturated rings. The fourth-order valence-electron chi connectivity index (χ4n) is 2.25. The zero-order chi connectivity index (χ0) is 11.4. The average molecular weight is 219 g/mol. The van der Waals surface area contributed by atoms with Crippen molar-refractivity contribution < 1.29 is 0 Å². The molecule has 1 saturated heterocycles. The first-order chi connectivity index (χ1) is 7.75. The van der Waals surface area contributed by atoms with Crippen LogP contribution in [-0.4, -0.2) is 31.2 Å². The van der Waals surface area contributed by atoms with Gasteiger partial charge in [0.15, 0.2) is 0 Å². The van der Waals surface area contributed by atoms with Gasteiger partial charge in [-0.15, -0.1) is 0 Å². The van der Waals surface area contributed by atoms with Crippen LogP contribution in [0.4, 0.5) is 5.82 Å². The van der Waals surface area contributed by atoms with Crippen molar-refractivity contribution in [3.05, 3.63) is 23.9 Å². The largest absolute Gasteiger partial charge is 0.358 e. The van der Waals surface area contributed by atoms with Crippen LogP contribution in [0.5, 0.6) is 0 Å². The number of nitrogens with one attached hydrogen (secondary N) is 1. The number of aryl methyl sites for hydroxylation is 1. The SMILES string of the molecule is Cc1cccc(N(C)CC2CCCCN2)n1. The molecular formula is C13H21N3. The maximum atomic E-state index is 4.54. The molecule has 1 aromatic heterocycles. The van der Waals surface area contributed by atoms with Crippen LogP contribution in [0.3, 0.4) is 0 Å². The molecule has 2 rings (SSSR count). The summed E-state index contributed by atoms with van der Waals surface area (Å²) < 4.78 is 0. The lowest BCUT2D eigenvalue weighted by molar-refractivity contribution is 0.403. The summed E-state index contributed by atoms with van der Waals surface area (Å²) in [7, 11) is 2.12. The van der Waals surface area contributed by atoms with Gasteiger partial charge in [-0.2, -0.15) is 0 Å². The zero-order valence-electron chi connectivity index (χ0n) is 10.2. The minimum atomic E-state index is 0.626. The van der Waals surface area contributed by atoms with Gasteiger partial charge in [0.2, 0.25) is 0 Å². The van der Waals surface area contributed by atoms with Crippen LogP contribution in [0.2, 0.25) is 0 Å². The Morgan fingerprint density at radius 3 is 3.00 bits per heavy atom. The van der Waals surface area contributed by atoms with E-state index in [-0.39, 0.29) is 0 Å². The molecule has 1 aliphatic heterocycles. The Hall–Kier alpha value is -1.09. The van der Waals surface area contributed by atoms with Gasteiger partial charge in [-0.3, -0.25) is 0 Å². The average Bonchev–Trinajstić information content (AvgIpc) is 2.30. The number of piperidine rings is 1. The highest BCUT2D eigenvalue weighted by molar-refractivity contribution is 5.38. The van der Waals surface area contributed by atoms with E-state index in [0.29, 0.717) is 6.04 Å². The number of aromatic nitrogens is 1. The fourth-order valence-corrected chi connectivity index (χ4v) is 2.25. The molecule has 0 spiro atoms. The number of rotatable bonds is 3. The second-order valence-corrected chi connectivity index (χ2v) is 4.66. The van der Waals surface area contributed by atoms with Crippen molar-refractivity contribution >= 4 is 5.82 Å². The van der Waals surface area contributed by atoms with E-state index in [1.54, 1.807) is 0 Å². The molecule has 3 heteroatoms. The molecule has 0 saturated carbocycles. The van der Waals surface area contributed by atoms with Gasteiger partial charge in [0.05, 0.1) is 0 Å². The Morgan fingerprint density at radius 2 is 2.31 bits per heavy atom. The fraction of sp³-hybridized carbons (Fsp3) is 0.615. The third-order valence-corrected chi connectivity index (χ3v) is 3.17. The predicted octanol–water partition coefficient (Wildman–Crippen LogP) is 1.97. The molecule has 1 aliphatic rings. The standard InChI is InChI=1S/C13H21N3/c1-11-6-5-8-13(15-11)16(2)10-12-7-3-4-9-14-12/h5-6,8,12,14H,3-4,7,9-10H2,1-2H3. The molecule has 0 aromatic carbocycles. The number of hydrogen-bond acceptors (Lipinski definition) is 3. The van der Waals surface area contributed by atoms with Crippen LogP contribution in [0, 0.1) is 6.92 Å². The number of nitrogens with zero attached hydrogens (tertiary/aromatic N) is 2. The minimum Gasteiger partial charge on any atom is -0.358 e. The van der Waals surface area contributed by atoms with Crippen LogP contribution < -0.4 is 10.2 Å². The van der Waals surface area contributed by atoms with Crippen molar-refractivity contribution in [3.63, 3.8) is 0 Å².